The second kappa shape index (κ2) is 14.5. The van der Waals surface area contributed by atoms with Crippen molar-refractivity contribution in [3.05, 3.63) is 244 Å². The van der Waals surface area contributed by atoms with Gasteiger partial charge >= 0.3 is 0 Å². The topological polar surface area (TPSA) is 35.1 Å². The average Bonchev–Trinajstić information content (AvgIpc) is 3.87. The van der Waals surface area contributed by atoms with Crippen LogP contribution in [0.5, 0.6) is 0 Å². The fourth-order valence-electron chi connectivity index (χ4n) is 11.0. The van der Waals surface area contributed by atoms with Gasteiger partial charge in [0, 0.05) is 39.4 Å². The molecule has 2 heterocycles. The van der Waals surface area contributed by atoms with Crippen LogP contribution in [0.1, 0.15) is 40.2 Å². The molecule has 2 aliphatic carbocycles. The lowest BCUT2D eigenvalue weighted by atomic mass is 9.69. The molecule has 3 heteroatoms. The zero-order valence-electron chi connectivity index (χ0n) is 35.0. The molecule has 0 spiro atoms. The number of rotatable bonds is 5. The number of allylic oxidation sites excluding steroid dienone is 5. The minimum atomic E-state index is 0.0667. The first kappa shape index (κ1) is 36.6. The van der Waals surface area contributed by atoms with Gasteiger partial charge in [-0.15, -0.1) is 0 Å². The Labute approximate surface area is 370 Å². The standard InChI is InChI=1S/C61H41NO2/c63-61-44(35-39-17-13-21-41(34-39)40-18-5-2-6-19-40)37-51-47(30-29-46-43(33-38-15-3-1-4-16-38)36-42-20-7-8-22-45(42)57(46)51)48-31-32-54-59(60(48)61)49-23-9-11-25-52(49)62(54)53-26-14-28-56-58(53)50-24-10-12-27-55(50)64-56/h1-34,37,42,45H,35-36H2/b43-33-. The van der Waals surface area contributed by atoms with Crippen LogP contribution in [0, 0.1) is 5.92 Å². The summed E-state index contributed by atoms with van der Waals surface area (Å²) in [6.07, 6.45) is 13.0. The highest BCUT2D eigenvalue weighted by Gasteiger charge is 2.32. The summed E-state index contributed by atoms with van der Waals surface area (Å²) in [5.41, 5.74) is 14.1. The third-order valence-electron chi connectivity index (χ3n) is 13.8. The average molecular weight is 820 g/mol. The molecule has 0 N–H and O–H groups in total. The van der Waals surface area contributed by atoms with Crippen LogP contribution < -0.4 is 5.43 Å². The van der Waals surface area contributed by atoms with Crippen molar-refractivity contribution in [1.29, 1.82) is 0 Å². The van der Waals surface area contributed by atoms with E-state index in [0.29, 0.717) is 12.3 Å². The predicted molar refractivity (Wildman–Crippen MR) is 267 cm³/mol. The van der Waals surface area contributed by atoms with Crippen LogP contribution in [0.3, 0.4) is 0 Å². The van der Waals surface area contributed by atoms with Gasteiger partial charge in [-0.05, 0) is 104 Å². The molecule has 64 heavy (non-hydrogen) atoms. The monoisotopic (exact) mass is 819 g/mol. The maximum absolute atomic E-state index is 16.0. The lowest BCUT2D eigenvalue weighted by Crippen LogP contribution is -2.19. The highest BCUT2D eigenvalue weighted by atomic mass is 16.3. The molecule has 2 unspecified atom stereocenters. The summed E-state index contributed by atoms with van der Waals surface area (Å²) in [6, 6.07) is 64.4. The van der Waals surface area contributed by atoms with E-state index in [1.54, 1.807) is 0 Å². The van der Waals surface area contributed by atoms with Crippen LogP contribution >= 0.6 is 0 Å². The Morgan fingerprint density at radius 2 is 1.28 bits per heavy atom. The van der Waals surface area contributed by atoms with E-state index in [2.05, 4.69) is 199 Å². The molecule has 0 saturated heterocycles. The fraction of sp³-hybridized carbons (Fsp3) is 0.0656. The third kappa shape index (κ3) is 5.71. The van der Waals surface area contributed by atoms with E-state index in [9.17, 15) is 0 Å². The molecule has 11 aromatic rings. The van der Waals surface area contributed by atoms with Crippen molar-refractivity contribution in [2.45, 2.75) is 18.8 Å². The quantitative estimate of drug-likeness (QED) is 0.173. The summed E-state index contributed by atoms with van der Waals surface area (Å²) in [4.78, 5) is 16.0. The predicted octanol–water partition coefficient (Wildman–Crippen LogP) is 15.4. The van der Waals surface area contributed by atoms with Crippen LogP contribution in [0.2, 0.25) is 0 Å². The molecule has 3 nitrogen and oxygen atoms in total. The summed E-state index contributed by atoms with van der Waals surface area (Å²) in [5, 5.41) is 8.12. The number of nitrogens with zero attached hydrogens (tertiary/aromatic N) is 1. The number of hydrogen-bond acceptors (Lipinski definition) is 2. The Morgan fingerprint density at radius 3 is 2.17 bits per heavy atom. The summed E-state index contributed by atoms with van der Waals surface area (Å²) in [6.45, 7) is 0. The number of aromatic nitrogens is 1. The Morgan fingerprint density at radius 1 is 0.547 bits per heavy atom. The lowest BCUT2D eigenvalue weighted by Gasteiger charge is -2.34. The van der Waals surface area contributed by atoms with Crippen LogP contribution in [0.4, 0.5) is 0 Å². The Hall–Kier alpha value is -8.01. The van der Waals surface area contributed by atoms with Gasteiger partial charge in [-0.1, -0.05) is 176 Å². The van der Waals surface area contributed by atoms with Gasteiger partial charge in [-0.2, -0.15) is 0 Å². The number of para-hydroxylation sites is 2. The van der Waals surface area contributed by atoms with E-state index in [1.165, 1.54) is 22.3 Å². The smallest absolute Gasteiger partial charge is 0.190 e. The molecule has 0 amide bonds. The number of furan rings is 1. The van der Waals surface area contributed by atoms with E-state index >= 15 is 4.79 Å². The maximum atomic E-state index is 16.0. The lowest BCUT2D eigenvalue weighted by molar-refractivity contribution is 0.579. The second-order valence-corrected chi connectivity index (χ2v) is 17.5. The normalized spacial score (nSPS) is 16.4. The molecule has 0 aliphatic heterocycles. The van der Waals surface area contributed by atoms with Crippen molar-refractivity contribution in [3.63, 3.8) is 0 Å². The van der Waals surface area contributed by atoms with Crippen molar-refractivity contribution in [2.24, 2.45) is 5.92 Å². The van der Waals surface area contributed by atoms with Crippen LogP contribution in [0.25, 0.3) is 93.8 Å². The molecule has 0 bridgehead atoms. The Kier molecular flexibility index (Phi) is 8.32. The van der Waals surface area contributed by atoms with Gasteiger partial charge < -0.3 is 8.98 Å². The first-order valence-corrected chi connectivity index (χ1v) is 22.3. The van der Waals surface area contributed by atoms with Crippen LogP contribution in [-0.2, 0) is 6.42 Å². The van der Waals surface area contributed by atoms with Gasteiger partial charge in [-0.3, -0.25) is 4.79 Å². The minimum Gasteiger partial charge on any atom is -0.456 e. The highest BCUT2D eigenvalue weighted by molar-refractivity contribution is 6.26. The van der Waals surface area contributed by atoms with Gasteiger partial charge in [0.1, 0.15) is 11.2 Å². The zero-order chi connectivity index (χ0) is 42.3. The second-order valence-electron chi connectivity index (χ2n) is 17.5. The van der Waals surface area contributed by atoms with Crippen molar-refractivity contribution < 1.29 is 4.42 Å². The molecule has 0 radical (unpaired) electrons. The molecule has 0 saturated carbocycles. The fourth-order valence-corrected chi connectivity index (χ4v) is 11.0. The summed E-state index contributed by atoms with van der Waals surface area (Å²) in [7, 11) is 0. The zero-order valence-corrected chi connectivity index (χ0v) is 35.0. The molecule has 302 valence electrons. The molecule has 2 atom stereocenters. The van der Waals surface area contributed by atoms with E-state index in [0.717, 1.165) is 99.7 Å². The van der Waals surface area contributed by atoms with E-state index < -0.39 is 0 Å². The first-order chi connectivity index (χ1) is 31.7. The minimum absolute atomic E-state index is 0.0667. The van der Waals surface area contributed by atoms with Crippen LogP contribution in [0.15, 0.2) is 216 Å². The number of fused-ring (bicyclic) bond motifs is 14. The largest absolute Gasteiger partial charge is 0.456 e. The van der Waals surface area contributed by atoms with Crippen molar-refractivity contribution in [1.82, 2.24) is 4.57 Å². The van der Waals surface area contributed by atoms with Crippen molar-refractivity contribution >= 4 is 76.9 Å². The molecular weight excluding hydrogens is 779 g/mol. The number of benzene rings is 8. The number of hydrogen-bond donors (Lipinski definition) is 0. The maximum Gasteiger partial charge on any atom is 0.190 e. The van der Waals surface area contributed by atoms with Gasteiger partial charge in [0.2, 0.25) is 0 Å². The van der Waals surface area contributed by atoms with E-state index in [-0.39, 0.29) is 11.3 Å². The Bertz CT molecular complexity index is 3870. The molecule has 9 aromatic carbocycles. The van der Waals surface area contributed by atoms with Gasteiger partial charge in [0.15, 0.2) is 5.43 Å². The summed E-state index contributed by atoms with van der Waals surface area (Å²) < 4.78 is 8.77. The Balaban J connectivity index is 1.15. The molecular formula is C61H41NO2. The SMILES string of the molecule is O=c1c(Cc2cccc(-c3ccccc3)c2)cc2c3c(ccc2c2ccc4c(c5ccccc5n4-c4cccc5oc6ccccc6c45)c12)/C(=C\c1ccccc1)CC1C=CC=CC31. The van der Waals surface area contributed by atoms with E-state index in [1.807, 2.05) is 18.2 Å². The molecule has 2 aromatic heterocycles. The van der Waals surface area contributed by atoms with Crippen molar-refractivity contribution in [2.75, 3.05) is 0 Å². The summed E-state index contributed by atoms with van der Waals surface area (Å²) >= 11 is 0. The first-order valence-electron chi connectivity index (χ1n) is 22.3. The molecule has 0 fully saturated rings. The van der Waals surface area contributed by atoms with E-state index in [4.69, 9.17) is 4.42 Å². The highest BCUT2D eigenvalue weighted by Crippen LogP contribution is 2.49. The third-order valence-corrected chi connectivity index (χ3v) is 13.8. The molecule has 2 aliphatic rings. The van der Waals surface area contributed by atoms with Crippen LogP contribution in [-0.4, -0.2) is 4.57 Å². The van der Waals surface area contributed by atoms with Gasteiger partial charge in [-0.25, -0.2) is 0 Å². The van der Waals surface area contributed by atoms with Gasteiger partial charge in [0.05, 0.1) is 22.1 Å². The summed E-state index contributed by atoms with van der Waals surface area (Å²) in [5.74, 6) is 0.480. The van der Waals surface area contributed by atoms with Crippen molar-refractivity contribution in [3.8, 4) is 16.8 Å². The molecule has 13 rings (SSSR count). The van der Waals surface area contributed by atoms with Gasteiger partial charge in [0.25, 0.3) is 0 Å².